The van der Waals surface area contributed by atoms with Crippen molar-refractivity contribution in [1.29, 1.82) is 0 Å². The number of carbonyl (C=O) groups is 1. The van der Waals surface area contributed by atoms with Crippen LogP contribution in [0.1, 0.15) is 12.8 Å². The van der Waals surface area contributed by atoms with Crippen molar-refractivity contribution in [2.24, 2.45) is 0 Å². The van der Waals surface area contributed by atoms with Crippen molar-refractivity contribution < 1.29 is 14.3 Å². The van der Waals surface area contributed by atoms with Crippen molar-refractivity contribution in [3.8, 4) is 0 Å². The molecule has 0 aliphatic rings. The summed E-state index contributed by atoms with van der Waals surface area (Å²) >= 11 is 0. The smallest absolute Gasteiger partial charge is 0.238 e. The van der Waals surface area contributed by atoms with Gasteiger partial charge in [-0.1, -0.05) is 12.1 Å². The molecular weight excluding hydrogens is 223 g/mol. The normalized spacial score (nSPS) is 10.2. The predicted octanol–water partition coefficient (Wildman–Crippen LogP) is 1.13. The first kappa shape index (κ1) is 13.6. The number of anilines is 1. The number of benzene rings is 1. The zero-order valence-corrected chi connectivity index (χ0v) is 9.58. The van der Waals surface area contributed by atoms with E-state index in [0.29, 0.717) is 13.0 Å². The molecule has 0 aliphatic heterocycles. The highest BCUT2D eigenvalue weighted by Crippen LogP contribution is 2.11. The van der Waals surface area contributed by atoms with Crippen LogP contribution < -0.4 is 10.6 Å². The molecule has 0 saturated carbocycles. The second kappa shape index (κ2) is 7.76. The van der Waals surface area contributed by atoms with E-state index in [-0.39, 0.29) is 24.7 Å². The van der Waals surface area contributed by atoms with Crippen LogP contribution in [0.4, 0.5) is 10.1 Å². The van der Waals surface area contributed by atoms with E-state index in [1.807, 2.05) is 0 Å². The number of amides is 1. The highest BCUT2D eigenvalue weighted by molar-refractivity contribution is 5.92. The van der Waals surface area contributed by atoms with Crippen LogP contribution >= 0.6 is 0 Å². The maximum atomic E-state index is 13.2. The molecule has 0 spiro atoms. The molecule has 5 heteroatoms. The monoisotopic (exact) mass is 240 g/mol. The van der Waals surface area contributed by atoms with Crippen LogP contribution in [0.2, 0.25) is 0 Å². The number of aliphatic hydroxyl groups excluding tert-OH is 1. The molecule has 17 heavy (non-hydrogen) atoms. The van der Waals surface area contributed by atoms with Crippen LogP contribution in [0.3, 0.4) is 0 Å². The zero-order chi connectivity index (χ0) is 12.5. The van der Waals surface area contributed by atoms with Crippen LogP contribution in [0.15, 0.2) is 24.3 Å². The lowest BCUT2D eigenvalue weighted by Crippen LogP contribution is -2.29. The van der Waals surface area contributed by atoms with E-state index in [1.54, 1.807) is 12.1 Å². The fourth-order valence-electron chi connectivity index (χ4n) is 1.32. The standard InChI is InChI=1S/C12H17FN2O2/c13-10-5-1-2-6-11(10)15-12(17)9-14-7-3-4-8-16/h1-2,5-6,14,16H,3-4,7-9H2,(H,15,17). The molecule has 4 nitrogen and oxygen atoms in total. The van der Waals surface area contributed by atoms with Crippen molar-refractivity contribution in [3.05, 3.63) is 30.1 Å². The maximum Gasteiger partial charge on any atom is 0.238 e. The summed E-state index contributed by atoms with van der Waals surface area (Å²) < 4.78 is 13.2. The molecule has 0 atom stereocenters. The number of unbranched alkanes of at least 4 members (excludes halogenated alkanes) is 1. The summed E-state index contributed by atoms with van der Waals surface area (Å²) in [5.74, 6) is -0.722. The highest BCUT2D eigenvalue weighted by Gasteiger charge is 2.04. The Labute approximate surface area is 99.8 Å². The lowest BCUT2D eigenvalue weighted by Gasteiger charge is -2.07. The predicted molar refractivity (Wildman–Crippen MR) is 64.2 cm³/mol. The fraction of sp³-hybridized carbons (Fsp3) is 0.417. The summed E-state index contributed by atoms with van der Waals surface area (Å²) in [6.45, 7) is 0.952. The van der Waals surface area contributed by atoms with E-state index in [9.17, 15) is 9.18 Å². The lowest BCUT2D eigenvalue weighted by atomic mass is 10.3. The Kier molecular flexibility index (Phi) is 6.21. The molecule has 0 heterocycles. The number of aliphatic hydroxyl groups is 1. The summed E-state index contributed by atoms with van der Waals surface area (Å²) in [5, 5.41) is 13.9. The summed E-state index contributed by atoms with van der Waals surface area (Å²) in [6.07, 6.45) is 1.52. The highest BCUT2D eigenvalue weighted by atomic mass is 19.1. The third-order valence-electron chi connectivity index (χ3n) is 2.20. The zero-order valence-electron chi connectivity index (χ0n) is 9.58. The average molecular weight is 240 g/mol. The molecular formula is C12H17FN2O2. The van der Waals surface area contributed by atoms with Crippen molar-refractivity contribution in [2.45, 2.75) is 12.8 Å². The number of halogens is 1. The third-order valence-corrected chi connectivity index (χ3v) is 2.20. The Morgan fingerprint density at radius 3 is 2.76 bits per heavy atom. The van der Waals surface area contributed by atoms with Crippen molar-refractivity contribution >= 4 is 11.6 Å². The molecule has 1 amide bonds. The van der Waals surface area contributed by atoms with Gasteiger partial charge < -0.3 is 15.7 Å². The first-order valence-corrected chi connectivity index (χ1v) is 5.60. The Bertz CT molecular complexity index is 358. The van der Waals surface area contributed by atoms with Gasteiger partial charge in [0, 0.05) is 6.61 Å². The summed E-state index contributed by atoms with van der Waals surface area (Å²) in [7, 11) is 0. The third kappa shape index (κ3) is 5.42. The fourth-order valence-corrected chi connectivity index (χ4v) is 1.32. The quantitative estimate of drug-likeness (QED) is 0.626. The van der Waals surface area contributed by atoms with E-state index in [4.69, 9.17) is 5.11 Å². The molecule has 0 aliphatic carbocycles. The lowest BCUT2D eigenvalue weighted by molar-refractivity contribution is -0.115. The van der Waals surface area contributed by atoms with Crippen molar-refractivity contribution in [2.75, 3.05) is 25.0 Å². The number of carbonyl (C=O) groups excluding carboxylic acids is 1. The Morgan fingerprint density at radius 2 is 2.06 bits per heavy atom. The molecule has 0 saturated heterocycles. The summed E-state index contributed by atoms with van der Waals surface area (Å²) in [5.41, 5.74) is 0.189. The van der Waals surface area contributed by atoms with Gasteiger partial charge in [0.2, 0.25) is 5.91 Å². The van der Waals surface area contributed by atoms with E-state index in [2.05, 4.69) is 10.6 Å². The molecule has 0 aromatic heterocycles. The number of nitrogens with one attached hydrogen (secondary N) is 2. The van der Waals surface area contributed by atoms with Gasteiger partial charge in [-0.2, -0.15) is 0 Å². The van der Waals surface area contributed by atoms with E-state index in [0.717, 1.165) is 6.42 Å². The number of rotatable bonds is 7. The van der Waals surface area contributed by atoms with Gasteiger partial charge in [0.25, 0.3) is 0 Å². The Hall–Kier alpha value is -1.46. The van der Waals surface area contributed by atoms with Crippen LogP contribution in [-0.4, -0.2) is 30.7 Å². The second-order valence-electron chi connectivity index (χ2n) is 3.64. The van der Waals surface area contributed by atoms with Crippen molar-refractivity contribution in [1.82, 2.24) is 5.32 Å². The molecule has 0 fully saturated rings. The van der Waals surface area contributed by atoms with Gasteiger partial charge in [-0.05, 0) is 31.5 Å². The molecule has 1 rings (SSSR count). The molecule has 1 aromatic rings. The van der Waals surface area contributed by atoms with Gasteiger partial charge in [0.15, 0.2) is 0 Å². The largest absolute Gasteiger partial charge is 0.396 e. The van der Waals surface area contributed by atoms with Gasteiger partial charge in [-0.25, -0.2) is 4.39 Å². The minimum atomic E-state index is -0.443. The van der Waals surface area contributed by atoms with Gasteiger partial charge in [-0.15, -0.1) is 0 Å². The number of hydrogen-bond donors (Lipinski definition) is 3. The van der Waals surface area contributed by atoms with E-state index >= 15 is 0 Å². The first-order valence-electron chi connectivity index (χ1n) is 5.60. The summed E-state index contributed by atoms with van der Waals surface area (Å²) in [4.78, 5) is 11.4. The van der Waals surface area contributed by atoms with Crippen LogP contribution in [-0.2, 0) is 4.79 Å². The second-order valence-corrected chi connectivity index (χ2v) is 3.64. The Morgan fingerprint density at radius 1 is 1.29 bits per heavy atom. The maximum absolute atomic E-state index is 13.2. The van der Waals surface area contributed by atoms with Gasteiger partial charge in [0.05, 0.1) is 12.2 Å². The molecule has 1 aromatic carbocycles. The van der Waals surface area contributed by atoms with Crippen molar-refractivity contribution in [3.63, 3.8) is 0 Å². The Balaban J connectivity index is 2.23. The molecule has 0 bridgehead atoms. The number of para-hydroxylation sites is 1. The minimum absolute atomic E-state index is 0.139. The molecule has 0 radical (unpaired) electrons. The molecule has 94 valence electrons. The number of hydrogen-bond acceptors (Lipinski definition) is 3. The minimum Gasteiger partial charge on any atom is -0.396 e. The topological polar surface area (TPSA) is 61.4 Å². The first-order chi connectivity index (χ1) is 8.24. The molecule has 3 N–H and O–H groups in total. The molecule has 0 unspecified atom stereocenters. The van der Waals surface area contributed by atoms with Crippen LogP contribution in [0.5, 0.6) is 0 Å². The van der Waals surface area contributed by atoms with Gasteiger partial charge in [-0.3, -0.25) is 4.79 Å². The SMILES string of the molecule is O=C(CNCCCCO)Nc1ccccc1F. The van der Waals surface area contributed by atoms with Crippen LogP contribution in [0, 0.1) is 5.82 Å². The van der Waals surface area contributed by atoms with Crippen LogP contribution in [0.25, 0.3) is 0 Å². The summed E-state index contributed by atoms with van der Waals surface area (Å²) in [6, 6.07) is 6.04. The van der Waals surface area contributed by atoms with Gasteiger partial charge >= 0.3 is 0 Å². The average Bonchev–Trinajstić information content (AvgIpc) is 2.32. The van der Waals surface area contributed by atoms with E-state index in [1.165, 1.54) is 12.1 Å². The van der Waals surface area contributed by atoms with E-state index < -0.39 is 5.82 Å². The van der Waals surface area contributed by atoms with Gasteiger partial charge in [0.1, 0.15) is 5.82 Å².